The van der Waals surface area contributed by atoms with Gasteiger partial charge in [0.25, 0.3) is 0 Å². The third-order valence-corrected chi connectivity index (χ3v) is 1.73. The summed E-state index contributed by atoms with van der Waals surface area (Å²) in [5, 5.41) is 0. The molecule has 2 nitrogen and oxygen atoms in total. The van der Waals surface area contributed by atoms with E-state index in [1.165, 1.54) is 19.1 Å². The Morgan fingerprint density at radius 3 is 2.23 bits per heavy atom. The average molecular weight is 186 g/mol. The number of hydrogen-bond acceptors (Lipinski definition) is 2. The van der Waals surface area contributed by atoms with Crippen LogP contribution in [-0.2, 0) is 9.47 Å². The molecule has 0 N–H and O–H groups in total. The van der Waals surface area contributed by atoms with Crippen LogP contribution >= 0.6 is 0 Å². The van der Waals surface area contributed by atoms with Gasteiger partial charge in [-0.05, 0) is 33.1 Å². The summed E-state index contributed by atoms with van der Waals surface area (Å²) in [4.78, 5) is 0. The molecule has 2 heteroatoms. The normalized spacial score (nSPS) is 10.4. The van der Waals surface area contributed by atoms with Crippen LogP contribution in [0, 0.1) is 0 Å². The fourth-order valence-electron chi connectivity index (χ4n) is 1.04. The van der Waals surface area contributed by atoms with Gasteiger partial charge in [0.05, 0.1) is 19.0 Å². The zero-order valence-electron chi connectivity index (χ0n) is 8.92. The Morgan fingerprint density at radius 2 is 1.69 bits per heavy atom. The van der Waals surface area contributed by atoms with Crippen LogP contribution in [0.15, 0.2) is 12.8 Å². The van der Waals surface area contributed by atoms with Crippen molar-refractivity contribution >= 4 is 0 Å². The third kappa shape index (κ3) is 11.5. The molecule has 0 atom stereocenters. The van der Waals surface area contributed by atoms with Crippen molar-refractivity contribution in [1.29, 1.82) is 0 Å². The molecule has 0 aliphatic heterocycles. The second kappa shape index (κ2) is 9.59. The first-order valence-electron chi connectivity index (χ1n) is 5.11. The molecule has 0 spiro atoms. The first kappa shape index (κ1) is 12.5. The molecule has 0 aromatic carbocycles. The highest BCUT2D eigenvalue weighted by Gasteiger charge is 1.93. The molecule has 0 unspecified atom stereocenters. The first-order valence-corrected chi connectivity index (χ1v) is 5.11. The standard InChI is InChI=1S/C11H22O2/c1-4-12-9-7-5-6-8-10-13-11(2)3/h4,11H,1,5-10H2,2-3H3. The van der Waals surface area contributed by atoms with E-state index in [0.29, 0.717) is 6.10 Å². The summed E-state index contributed by atoms with van der Waals surface area (Å²) in [5.74, 6) is 0. The highest BCUT2D eigenvalue weighted by Crippen LogP contribution is 2.01. The van der Waals surface area contributed by atoms with Gasteiger partial charge in [0, 0.05) is 6.61 Å². The van der Waals surface area contributed by atoms with Gasteiger partial charge >= 0.3 is 0 Å². The summed E-state index contributed by atoms with van der Waals surface area (Å²) in [6.07, 6.45) is 6.59. The summed E-state index contributed by atoms with van der Waals surface area (Å²) >= 11 is 0. The van der Waals surface area contributed by atoms with Crippen LogP contribution in [0.5, 0.6) is 0 Å². The Hall–Kier alpha value is -0.500. The van der Waals surface area contributed by atoms with E-state index in [1.54, 1.807) is 0 Å². The molecule has 0 saturated carbocycles. The highest BCUT2D eigenvalue weighted by atomic mass is 16.5. The summed E-state index contributed by atoms with van der Waals surface area (Å²) < 4.78 is 10.4. The second-order valence-electron chi connectivity index (χ2n) is 3.37. The van der Waals surface area contributed by atoms with Gasteiger partial charge in [-0.15, -0.1) is 0 Å². The maximum atomic E-state index is 5.42. The van der Waals surface area contributed by atoms with Crippen LogP contribution in [0.4, 0.5) is 0 Å². The molecule has 0 aliphatic rings. The van der Waals surface area contributed by atoms with E-state index in [9.17, 15) is 0 Å². The van der Waals surface area contributed by atoms with Crippen LogP contribution in [0.1, 0.15) is 39.5 Å². The Balaban J connectivity index is 2.87. The van der Waals surface area contributed by atoms with Crippen molar-refractivity contribution in [2.24, 2.45) is 0 Å². The van der Waals surface area contributed by atoms with Crippen molar-refractivity contribution in [3.63, 3.8) is 0 Å². The van der Waals surface area contributed by atoms with E-state index in [2.05, 4.69) is 20.4 Å². The molecular weight excluding hydrogens is 164 g/mol. The molecule has 0 aromatic heterocycles. The van der Waals surface area contributed by atoms with Gasteiger partial charge in [-0.2, -0.15) is 0 Å². The number of rotatable bonds is 9. The van der Waals surface area contributed by atoms with E-state index in [1.807, 2.05) is 0 Å². The van der Waals surface area contributed by atoms with Crippen molar-refractivity contribution in [2.75, 3.05) is 13.2 Å². The van der Waals surface area contributed by atoms with Crippen molar-refractivity contribution < 1.29 is 9.47 Å². The zero-order valence-corrected chi connectivity index (χ0v) is 8.92. The molecule has 78 valence electrons. The Labute approximate surface area is 81.9 Å². The largest absolute Gasteiger partial charge is 0.502 e. The van der Waals surface area contributed by atoms with E-state index in [0.717, 1.165) is 26.1 Å². The molecule has 0 radical (unpaired) electrons. The monoisotopic (exact) mass is 186 g/mol. The van der Waals surface area contributed by atoms with Crippen molar-refractivity contribution in [2.45, 2.75) is 45.6 Å². The van der Waals surface area contributed by atoms with E-state index < -0.39 is 0 Å². The zero-order chi connectivity index (χ0) is 9.94. The van der Waals surface area contributed by atoms with Crippen LogP contribution in [-0.4, -0.2) is 19.3 Å². The molecule has 0 aliphatic carbocycles. The fraction of sp³-hybridized carbons (Fsp3) is 0.818. The predicted molar refractivity (Wildman–Crippen MR) is 55.7 cm³/mol. The van der Waals surface area contributed by atoms with Gasteiger partial charge < -0.3 is 9.47 Å². The minimum atomic E-state index is 0.365. The lowest BCUT2D eigenvalue weighted by Gasteiger charge is -2.06. The summed E-state index contributed by atoms with van der Waals surface area (Å²) in [6.45, 7) is 9.31. The fourth-order valence-corrected chi connectivity index (χ4v) is 1.04. The van der Waals surface area contributed by atoms with Crippen LogP contribution in [0.3, 0.4) is 0 Å². The highest BCUT2D eigenvalue weighted by molar-refractivity contribution is 4.49. The smallest absolute Gasteiger partial charge is 0.0873 e. The Morgan fingerprint density at radius 1 is 1.08 bits per heavy atom. The summed E-state index contributed by atoms with van der Waals surface area (Å²) in [7, 11) is 0. The molecule has 0 aromatic rings. The Kier molecular flexibility index (Phi) is 9.22. The van der Waals surface area contributed by atoms with Gasteiger partial charge in [0.2, 0.25) is 0 Å². The maximum absolute atomic E-state index is 5.42. The lowest BCUT2D eigenvalue weighted by Crippen LogP contribution is -2.03. The SMILES string of the molecule is C=COCCCCCCOC(C)C. The minimum Gasteiger partial charge on any atom is -0.502 e. The van der Waals surface area contributed by atoms with E-state index >= 15 is 0 Å². The number of unbranched alkanes of at least 4 members (excludes halogenated alkanes) is 3. The quantitative estimate of drug-likeness (QED) is 0.407. The van der Waals surface area contributed by atoms with Crippen molar-refractivity contribution in [3.8, 4) is 0 Å². The molecule has 0 bridgehead atoms. The first-order chi connectivity index (χ1) is 6.27. The van der Waals surface area contributed by atoms with Crippen molar-refractivity contribution in [1.82, 2.24) is 0 Å². The molecule has 13 heavy (non-hydrogen) atoms. The average Bonchev–Trinajstić information content (AvgIpc) is 2.09. The lowest BCUT2D eigenvalue weighted by molar-refractivity contribution is 0.0754. The Bertz CT molecular complexity index is 111. The number of ether oxygens (including phenoxy) is 2. The molecule has 0 fully saturated rings. The lowest BCUT2D eigenvalue weighted by atomic mass is 10.2. The minimum absolute atomic E-state index is 0.365. The predicted octanol–water partition coefficient (Wildman–Crippen LogP) is 3.13. The van der Waals surface area contributed by atoms with Crippen LogP contribution in [0.2, 0.25) is 0 Å². The van der Waals surface area contributed by atoms with E-state index in [-0.39, 0.29) is 0 Å². The van der Waals surface area contributed by atoms with Crippen LogP contribution in [0.25, 0.3) is 0 Å². The van der Waals surface area contributed by atoms with Gasteiger partial charge in [-0.3, -0.25) is 0 Å². The molecule has 0 rings (SSSR count). The van der Waals surface area contributed by atoms with Gasteiger partial charge in [-0.25, -0.2) is 0 Å². The molecule has 0 saturated heterocycles. The maximum Gasteiger partial charge on any atom is 0.0873 e. The van der Waals surface area contributed by atoms with E-state index in [4.69, 9.17) is 9.47 Å². The van der Waals surface area contributed by atoms with Gasteiger partial charge in [0.1, 0.15) is 0 Å². The molecule has 0 heterocycles. The second-order valence-corrected chi connectivity index (χ2v) is 3.37. The topological polar surface area (TPSA) is 18.5 Å². The summed E-state index contributed by atoms with van der Waals surface area (Å²) in [6, 6.07) is 0. The van der Waals surface area contributed by atoms with Gasteiger partial charge in [0.15, 0.2) is 0 Å². The van der Waals surface area contributed by atoms with Gasteiger partial charge in [-0.1, -0.05) is 13.0 Å². The summed E-state index contributed by atoms with van der Waals surface area (Å²) in [5.41, 5.74) is 0. The third-order valence-electron chi connectivity index (χ3n) is 1.73. The van der Waals surface area contributed by atoms with Crippen LogP contribution < -0.4 is 0 Å². The molecule has 0 amide bonds. The molecular formula is C11H22O2. The number of hydrogen-bond donors (Lipinski definition) is 0. The van der Waals surface area contributed by atoms with Crippen molar-refractivity contribution in [3.05, 3.63) is 12.8 Å².